The van der Waals surface area contributed by atoms with Crippen LogP contribution < -0.4 is 5.48 Å². The zero-order valence-electron chi connectivity index (χ0n) is 6.87. The molecule has 0 saturated heterocycles. The van der Waals surface area contributed by atoms with Crippen molar-refractivity contribution in [2.75, 3.05) is 0 Å². The van der Waals surface area contributed by atoms with E-state index in [4.69, 9.17) is 0 Å². The molecule has 0 fully saturated rings. The van der Waals surface area contributed by atoms with Gasteiger partial charge in [-0.3, -0.25) is 0 Å². The largest absolute Gasteiger partial charge is 0.630 e. The Balaban J connectivity index is 3.02. The van der Waals surface area contributed by atoms with E-state index in [0.717, 1.165) is 16.7 Å². The predicted molar refractivity (Wildman–Crippen MR) is 45.5 cm³/mol. The first-order valence-electron chi connectivity index (χ1n) is 3.80. The lowest BCUT2D eigenvalue weighted by Gasteiger charge is -2.10. The van der Waals surface area contributed by atoms with Crippen LogP contribution in [0.3, 0.4) is 0 Å². The molecule has 1 rings (SSSR count). The van der Waals surface area contributed by atoms with E-state index in [1.165, 1.54) is 0 Å². The lowest BCUT2D eigenvalue weighted by Crippen LogP contribution is -2.70. The molecule has 0 radical (unpaired) electrons. The molecule has 0 heterocycles. The van der Waals surface area contributed by atoms with Gasteiger partial charge in [-0.15, -0.1) is 0 Å². The fraction of sp³-hybridized carbons (Fsp3) is 0.333. The molecule has 0 atom stereocenters. The second-order valence-electron chi connectivity index (χ2n) is 2.90. The first-order chi connectivity index (χ1) is 5.25. The fourth-order valence-electron chi connectivity index (χ4n) is 1.14. The SMILES string of the molecule is CC(C)c1ccccc1[NH2+][O-]. The van der Waals surface area contributed by atoms with Crippen LogP contribution in [0.25, 0.3) is 0 Å². The summed E-state index contributed by atoms with van der Waals surface area (Å²) in [6.07, 6.45) is 0. The van der Waals surface area contributed by atoms with Crippen molar-refractivity contribution in [2.24, 2.45) is 0 Å². The zero-order chi connectivity index (χ0) is 8.27. The van der Waals surface area contributed by atoms with Crippen LogP contribution in [0.15, 0.2) is 24.3 Å². The van der Waals surface area contributed by atoms with Gasteiger partial charge in [0.05, 0.1) is 0 Å². The Bertz CT molecular complexity index is 233. The molecule has 0 spiro atoms. The molecule has 0 aliphatic heterocycles. The number of quaternary nitrogens is 1. The zero-order valence-corrected chi connectivity index (χ0v) is 6.87. The van der Waals surface area contributed by atoms with E-state index in [9.17, 15) is 5.21 Å². The van der Waals surface area contributed by atoms with Gasteiger partial charge in [0.15, 0.2) is 0 Å². The highest BCUT2D eigenvalue weighted by Gasteiger charge is 2.04. The number of rotatable bonds is 2. The van der Waals surface area contributed by atoms with Crippen molar-refractivity contribution in [3.63, 3.8) is 0 Å². The first-order valence-corrected chi connectivity index (χ1v) is 3.80. The third-order valence-electron chi connectivity index (χ3n) is 1.74. The van der Waals surface area contributed by atoms with E-state index in [2.05, 4.69) is 13.8 Å². The maximum absolute atomic E-state index is 10.5. The van der Waals surface area contributed by atoms with Gasteiger partial charge >= 0.3 is 0 Å². The van der Waals surface area contributed by atoms with Crippen LogP contribution >= 0.6 is 0 Å². The third-order valence-corrected chi connectivity index (χ3v) is 1.74. The minimum Gasteiger partial charge on any atom is -0.630 e. The van der Waals surface area contributed by atoms with Crippen LogP contribution in [0.1, 0.15) is 25.3 Å². The Morgan fingerprint density at radius 1 is 1.27 bits per heavy atom. The van der Waals surface area contributed by atoms with Crippen LogP contribution in [0, 0.1) is 5.21 Å². The Morgan fingerprint density at radius 3 is 2.36 bits per heavy atom. The fourth-order valence-corrected chi connectivity index (χ4v) is 1.14. The third kappa shape index (κ3) is 1.79. The summed E-state index contributed by atoms with van der Waals surface area (Å²) in [5.41, 5.74) is 2.85. The van der Waals surface area contributed by atoms with Gasteiger partial charge in [-0.25, -0.2) is 0 Å². The highest BCUT2D eigenvalue weighted by Crippen LogP contribution is 2.19. The van der Waals surface area contributed by atoms with E-state index in [0.29, 0.717) is 5.92 Å². The molecule has 0 aromatic heterocycles. The standard InChI is InChI=1S/C9H13NO/c1-7(2)8-5-3-4-6-9(8)10-11/h3-7H,10H2,1-2H3. The molecule has 0 aliphatic rings. The van der Waals surface area contributed by atoms with E-state index >= 15 is 0 Å². The van der Waals surface area contributed by atoms with Crippen LogP contribution in [-0.2, 0) is 0 Å². The lowest BCUT2D eigenvalue weighted by molar-refractivity contribution is -0.497. The Morgan fingerprint density at radius 2 is 1.91 bits per heavy atom. The van der Waals surface area contributed by atoms with Gasteiger partial charge in [0.25, 0.3) is 0 Å². The van der Waals surface area contributed by atoms with Gasteiger partial charge in [-0.1, -0.05) is 32.0 Å². The summed E-state index contributed by atoms with van der Waals surface area (Å²) in [6, 6.07) is 7.69. The molecule has 2 heteroatoms. The average molecular weight is 151 g/mol. The first kappa shape index (κ1) is 8.24. The van der Waals surface area contributed by atoms with E-state index in [1.54, 1.807) is 0 Å². The normalized spacial score (nSPS) is 10.5. The molecule has 60 valence electrons. The topological polar surface area (TPSA) is 39.7 Å². The second kappa shape index (κ2) is 3.51. The van der Waals surface area contributed by atoms with E-state index < -0.39 is 0 Å². The predicted octanol–water partition coefficient (Wildman–Crippen LogP) is 1.50. The van der Waals surface area contributed by atoms with Gasteiger partial charge in [-0.05, 0) is 12.0 Å². The van der Waals surface area contributed by atoms with Gasteiger partial charge in [0.2, 0.25) is 0 Å². The average Bonchev–Trinajstić information content (AvgIpc) is 2.04. The van der Waals surface area contributed by atoms with Crippen molar-refractivity contribution >= 4 is 5.69 Å². The number of nitrogens with two attached hydrogens (primary N) is 1. The monoisotopic (exact) mass is 151 g/mol. The van der Waals surface area contributed by atoms with Gasteiger partial charge in [0.1, 0.15) is 5.69 Å². The molecule has 0 bridgehead atoms. The Labute approximate surface area is 66.8 Å². The molecule has 2 nitrogen and oxygen atoms in total. The highest BCUT2D eigenvalue weighted by atomic mass is 16.5. The molecule has 0 aliphatic carbocycles. The van der Waals surface area contributed by atoms with Crippen LogP contribution in [0.5, 0.6) is 0 Å². The number of hydrogen-bond acceptors (Lipinski definition) is 1. The maximum atomic E-state index is 10.5. The molecular weight excluding hydrogens is 138 g/mol. The van der Waals surface area contributed by atoms with Crippen molar-refractivity contribution in [2.45, 2.75) is 19.8 Å². The van der Waals surface area contributed by atoms with Crippen molar-refractivity contribution in [3.8, 4) is 0 Å². The summed E-state index contributed by atoms with van der Waals surface area (Å²) in [7, 11) is 0. The molecule has 2 N–H and O–H groups in total. The van der Waals surface area contributed by atoms with E-state index in [-0.39, 0.29) is 0 Å². The quantitative estimate of drug-likeness (QED) is 0.505. The Kier molecular flexibility index (Phi) is 2.63. The highest BCUT2D eigenvalue weighted by molar-refractivity contribution is 5.40. The summed E-state index contributed by atoms with van der Waals surface area (Å²) in [6.45, 7) is 4.17. The molecule has 1 aromatic carbocycles. The number of hydrogen-bond donors (Lipinski definition) is 1. The summed E-state index contributed by atoms with van der Waals surface area (Å²) in [4.78, 5) is 0. The summed E-state index contributed by atoms with van der Waals surface area (Å²) < 4.78 is 0. The summed E-state index contributed by atoms with van der Waals surface area (Å²) >= 11 is 0. The van der Waals surface area contributed by atoms with Gasteiger partial charge in [0, 0.05) is 5.56 Å². The summed E-state index contributed by atoms with van der Waals surface area (Å²) in [5.74, 6) is 0.427. The van der Waals surface area contributed by atoms with Crippen LogP contribution in [0.2, 0.25) is 0 Å². The Hall–Kier alpha value is -0.860. The molecule has 0 saturated carbocycles. The number of benzene rings is 1. The van der Waals surface area contributed by atoms with Crippen LogP contribution in [-0.4, -0.2) is 0 Å². The van der Waals surface area contributed by atoms with Crippen LogP contribution in [0.4, 0.5) is 5.69 Å². The maximum Gasteiger partial charge on any atom is 0.133 e. The smallest absolute Gasteiger partial charge is 0.133 e. The summed E-state index contributed by atoms with van der Waals surface area (Å²) in [5, 5.41) is 10.5. The van der Waals surface area contributed by atoms with Gasteiger partial charge < -0.3 is 10.7 Å². The molecule has 1 aromatic rings. The molecular formula is C9H13NO. The van der Waals surface area contributed by atoms with Crippen molar-refractivity contribution in [3.05, 3.63) is 35.0 Å². The molecule has 0 amide bonds. The van der Waals surface area contributed by atoms with E-state index in [1.807, 2.05) is 24.3 Å². The lowest BCUT2D eigenvalue weighted by atomic mass is 10.0. The van der Waals surface area contributed by atoms with Crippen molar-refractivity contribution in [1.29, 1.82) is 0 Å². The van der Waals surface area contributed by atoms with Crippen molar-refractivity contribution in [1.82, 2.24) is 0 Å². The second-order valence-corrected chi connectivity index (χ2v) is 2.90. The van der Waals surface area contributed by atoms with Crippen molar-refractivity contribution < 1.29 is 5.48 Å². The minimum absolute atomic E-state index is 0.427. The molecule has 0 unspecified atom stereocenters. The van der Waals surface area contributed by atoms with Gasteiger partial charge in [-0.2, -0.15) is 0 Å². The minimum atomic E-state index is 0.427. The molecule has 11 heavy (non-hydrogen) atoms.